The van der Waals surface area contributed by atoms with Gasteiger partial charge < -0.3 is 9.84 Å². The van der Waals surface area contributed by atoms with Crippen LogP contribution >= 0.6 is 0 Å². The lowest BCUT2D eigenvalue weighted by Crippen LogP contribution is -2.19. The van der Waals surface area contributed by atoms with E-state index in [4.69, 9.17) is 4.74 Å². The Balaban J connectivity index is 2.92. The summed E-state index contributed by atoms with van der Waals surface area (Å²) in [5, 5.41) is 9.88. The standard InChI is InChI=1S/C10H15NO2/c1-4-10(2,12)8-5-6-9(13-3)11-7-8/h5-7,12H,4H2,1-3H3. The Labute approximate surface area is 78.4 Å². The molecule has 0 radical (unpaired) electrons. The van der Waals surface area contributed by atoms with E-state index < -0.39 is 5.60 Å². The fourth-order valence-corrected chi connectivity index (χ4v) is 1.02. The molecular formula is C10H15NO2. The molecule has 1 aromatic heterocycles. The third-order valence-electron chi connectivity index (χ3n) is 2.26. The summed E-state index contributed by atoms with van der Waals surface area (Å²) >= 11 is 0. The highest BCUT2D eigenvalue weighted by atomic mass is 16.5. The maximum atomic E-state index is 9.88. The summed E-state index contributed by atoms with van der Waals surface area (Å²) < 4.78 is 4.92. The molecule has 13 heavy (non-hydrogen) atoms. The minimum Gasteiger partial charge on any atom is -0.481 e. The number of rotatable bonds is 3. The Kier molecular flexibility index (Phi) is 2.88. The molecule has 3 nitrogen and oxygen atoms in total. The van der Waals surface area contributed by atoms with Gasteiger partial charge in [-0.3, -0.25) is 0 Å². The molecule has 1 atom stereocenters. The van der Waals surface area contributed by atoms with E-state index in [-0.39, 0.29) is 0 Å². The highest BCUT2D eigenvalue weighted by molar-refractivity contribution is 5.22. The summed E-state index contributed by atoms with van der Waals surface area (Å²) in [4.78, 5) is 4.03. The Bertz CT molecular complexity index is 267. The fraction of sp³-hybridized carbons (Fsp3) is 0.500. The second-order valence-electron chi connectivity index (χ2n) is 3.22. The van der Waals surface area contributed by atoms with Gasteiger partial charge in [0.2, 0.25) is 5.88 Å². The third kappa shape index (κ3) is 2.18. The minimum atomic E-state index is -0.792. The minimum absolute atomic E-state index is 0.565. The molecule has 0 spiro atoms. The van der Waals surface area contributed by atoms with Crippen molar-refractivity contribution in [1.82, 2.24) is 4.98 Å². The first-order valence-electron chi connectivity index (χ1n) is 4.33. The number of aliphatic hydroxyl groups is 1. The molecule has 1 aromatic rings. The SMILES string of the molecule is CCC(C)(O)c1ccc(OC)nc1. The lowest BCUT2D eigenvalue weighted by molar-refractivity contribution is 0.0526. The maximum absolute atomic E-state index is 9.88. The quantitative estimate of drug-likeness (QED) is 0.771. The van der Waals surface area contributed by atoms with Gasteiger partial charge in [-0.05, 0) is 19.4 Å². The van der Waals surface area contributed by atoms with Crippen molar-refractivity contribution in [3.05, 3.63) is 23.9 Å². The smallest absolute Gasteiger partial charge is 0.212 e. The summed E-state index contributed by atoms with van der Waals surface area (Å²) in [6.07, 6.45) is 2.31. The van der Waals surface area contributed by atoms with E-state index in [0.717, 1.165) is 5.56 Å². The molecule has 0 saturated heterocycles. The molecule has 0 aliphatic carbocycles. The van der Waals surface area contributed by atoms with Gasteiger partial charge in [0, 0.05) is 17.8 Å². The van der Waals surface area contributed by atoms with E-state index >= 15 is 0 Å². The largest absolute Gasteiger partial charge is 0.481 e. The van der Waals surface area contributed by atoms with Crippen molar-refractivity contribution in [3.8, 4) is 5.88 Å². The van der Waals surface area contributed by atoms with Gasteiger partial charge >= 0.3 is 0 Å². The van der Waals surface area contributed by atoms with E-state index in [0.29, 0.717) is 12.3 Å². The highest BCUT2D eigenvalue weighted by Crippen LogP contribution is 2.23. The lowest BCUT2D eigenvalue weighted by Gasteiger charge is -2.21. The van der Waals surface area contributed by atoms with Gasteiger partial charge in [0.05, 0.1) is 12.7 Å². The third-order valence-corrected chi connectivity index (χ3v) is 2.26. The maximum Gasteiger partial charge on any atom is 0.212 e. The molecule has 0 fully saturated rings. The lowest BCUT2D eigenvalue weighted by atomic mass is 9.95. The van der Waals surface area contributed by atoms with Crippen molar-refractivity contribution < 1.29 is 9.84 Å². The van der Waals surface area contributed by atoms with Gasteiger partial charge in [0.1, 0.15) is 0 Å². The van der Waals surface area contributed by atoms with Crippen molar-refractivity contribution in [3.63, 3.8) is 0 Å². The van der Waals surface area contributed by atoms with E-state index in [2.05, 4.69) is 4.98 Å². The van der Waals surface area contributed by atoms with E-state index in [1.165, 1.54) is 0 Å². The molecule has 1 heterocycles. The number of hydrogen-bond acceptors (Lipinski definition) is 3. The van der Waals surface area contributed by atoms with Crippen LogP contribution in [0.25, 0.3) is 0 Å². The van der Waals surface area contributed by atoms with Crippen LogP contribution < -0.4 is 4.74 Å². The van der Waals surface area contributed by atoms with Crippen LogP contribution in [0.15, 0.2) is 18.3 Å². The Hall–Kier alpha value is -1.09. The number of aromatic nitrogens is 1. The molecule has 1 N–H and O–H groups in total. The fourth-order valence-electron chi connectivity index (χ4n) is 1.02. The summed E-state index contributed by atoms with van der Waals surface area (Å²) in [5.74, 6) is 0.565. The van der Waals surface area contributed by atoms with Gasteiger partial charge in [0.15, 0.2) is 0 Å². The summed E-state index contributed by atoms with van der Waals surface area (Å²) in [7, 11) is 1.57. The second-order valence-corrected chi connectivity index (χ2v) is 3.22. The molecule has 0 aliphatic heterocycles. The number of ether oxygens (including phenoxy) is 1. The first-order valence-corrected chi connectivity index (χ1v) is 4.33. The van der Waals surface area contributed by atoms with E-state index in [1.54, 1.807) is 26.3 Å². The van der Waals surface area contributed by atoms with Crippen LogP contribution in [0.3, 0.4) is 0 Å². The van der Waals surface area contributed by atoms with Crippen LogP contribution in [0.4, 0.5) is 0 Å². The van der Waals surface area contributed by atoms with Crippen LogP contribution in [0, 0.1) is 0 Å². The van der Waals surface area contributed by atoms with Crippen LogP contribution in [-0.4, -0.2) is 17.2 Å². The zero-order valence-electron chi connectivity index (χ0n) is 8.24. The van der Waals surface area contributed by atoms with Gasteiger partial charge in [-0.25, -0.2) is 4.98 Å². The average Bonchev–Trinajstić information content (AvgIpc) is 2.18. The van der Waals surface area contributed by atoms with E-state index in [9.17, 15) is 5.11 Å². The number of methoxy groups -OCH3 is 1. The predicted molar refractivity (Wildman–Crippen MR) is 50.7 cm³/mol. The molecule has 72 valence electrons. The zero-order chi connectivity index (χ0) is 9.90. The summed E-state index contributed by atoms with van der Waals surface area (Å²) in [5.41, 5.74) is 0.0232. The van der Waals surface area contributed by atoms with Crippen molar-refractivity contribution in [2.75, 3.05) is 7.11 Å². The first-order chi connectivity index (χ1) is 6.10. The molecular weight excluding hydrogens is 166 g/mol. The van der Waals surface area contributed by atoms with Gasteiger partial charge in [-0.2, -0.15) is 0 Å². The Morgan fingerprint density at radius 1 is 1.54 bits per heavy atom. The zero-order valence-corrected chi connectivity index (χ0v) is 8.24. The Morgan fingerprint density at radius 3 is 2.62 bits per heavy atom. The molecule has 0 aromatic carbocycles. The highest BCUT2D eigenvalue weighted by Gasteiger charge is 2.20. The number of hydrogen-bond donors (Lipinski definition) is 1. The molecule has 3 heteroatoms. The second kappa shape index (κ2) is 3.75. The molecule has 0 bridgehead atoms. The van der Waals surface area contributed by atoms with Crippen molar-refractivity contribution >= 4 is 0 Å². The van der Waals surface area contributed by atoms with Crippen molar-refractivity contribution in [2.45, 2.75) is 25.9 Å². The van der Waals surface area contributed by atoms with Crippen molar-refractivity contribution in [1.29, 1.82) is 0 Å². The normalized spacial score (nSPS) is 15.1. The first kappa shape index (κ1) is 9.99. The van der Waals surface area contributed by atoms with E-state index in [1.807, 2.05) is 13.0 Å². The molecule has 1 unspecified atom stereocenters. The topological polar surface area (TPSA) is 42.4 Å². The molecule has 0 amide bonds. The van der Waals surface area contributed by atoms with Crippen LogP contribution in [0.1, 0.15) is 25.8 Å². The monoisotopic (exact) mass is 181 g/mol. The van der Waals surface area contributed by atoms with Gasteiger partial charge in [-0.1, -0.05) is 6.92 Å². The number of pyridine rings is 1. The van der Waals surface area contributed by atoms with Crippen LogP contribution in [0.2, 0.25) is 0 Å². The van der Waals surface area contributed by atoms with Crippen LogP contribution in [-0.2, 0) is 5.60 Å². The van der Waals surface area contributed by atoms with Gasteiger partial charge in [0.25, 0.3) is 0 Å². The number of nitrogens with zero attached hydrogens (tertiary/aromatic N) is 1. The molecule has 0 aliphatic rings. The average molecular weight is 181 g/mol. The Morgan fingerprint density at radius 2 is 2.23 bits per heavy atom. The molecule has 0 saturated carbocycles. The molecule has 1 rings (SSSR count). The summed E-state index contributed by atoms with van der Waals surface area (Å²) in [6.45, 7) is 3.71. The van der Waals surface area contributed by atoms with Crippen molar-refractivity contribution in [2.24, 2.45) is 0 Å². The van der Waals surface area contributed by atoms with Gasteiger partial charge in [-0.15, -0.1) is 0 Å². The van der Waals surface area contributed by atoms with Crippen LogP contribution in [0.5, 0.6) is 5.88 Å². The predicted octanol–water partition coefficient (Wildman–Crippen LogP) is 1.71. The summed E-state index contributed by atoms with van der Waals surface area (Å²) in [6, 6.07) is 3.58.